The Morgan fingerprint density at radius 2 is 2.13 bits per heavy atom. The van der Waals surface area contributed by atoms with E-state index in [-0.39, 0.29) is 0 Å². The van der Waals surface area contributed by atoms with Crippen molar-refractivity contribution in [1.29, 1.82) is 0 Å². The molecule has 1 nitrogen and oxygen atoms in total. The molecule has 0 aromatic heterocycles. The van der Waals surface area contributed by atoms with Crippen molar-refractivity contribution in [3.8, 4) is 0 Å². The first-order valence-electron chi connectivity index (χ1n) is 5.59. The molecule has 0 radical (unpaired) electrons. The van der Waals surface area contributed by atoms with Crippen LogP contribution in [0.1, 0.15) is 25.0 Å². The summed E-state index contributed by atoms with van der Waals surface area (Å²) in [5.41, 5.74) is 2.48. The van der Waals surface area contributed by atoms with Gasteiger partial charge in [0.2, 0.25) is 0 Å². The van der Waals surface area contributed by atoms with Crippen molar-refractivity contribution in [1.82, 2.24) is 5.32 Å². The van der Waals surface area contributed by atoms with Crippen LogP contribution in [0.2, 0.25) is 5.02 Å². The van der Waals surface area contributed by atoms with Gasteiger partial charge in [-0.2, -0.15) is 0 Å². The maximum atomic E-state index is 6.19. The lowest BCUT2D eigenvalue weighted by molar-refractivity contribution is 0.521. The Bertz CT molecular complexity index is 309. The minimum absolute atomic E-state index is 0.630. The van der Waals surface area contributed by atoms with Crippen LogP contribution in [-0.2, 0) is 6.42 Å². The second-order valence-electron chi connectivity index (χ2n) is 4.21. The number of aryl methyl sites for hydroxylation is 1. The molecule has 1 N–H and O–H groups in total. The molecule has 1 unspecified atom stereocenters. The van der Waals surface area contributed by atoms with E-state index in [4.69, 9.17) is 11.6 Å². The molecule has 2 heteroatoms. The molecule has 15 heavy (non-hydrogen) atoms. The third-order valence-corrected chi connectivity index (χ3v) is 2.87. The first-order chi connectivity index (χ1) is 7.13. The first-order valence-corrected chi connectivity index (χ1v) is 5.97. The van der Waals surface area contributed by atoms with Crippen LogP contribution in [-0.4, -0.2) is 13.1 Å². The van der Waals surface area contributed by atoms with Crippen LogP contribution in [0, 0.1) is 12.8 Å². The largest absolute Gasteiger partial charge is 0.317 e. The summed E-state index contributed by atoms with van der Waals surface area (Å²) in [6.45, 7) is 8.54. The van der Waals surface area contributed by atoms with Crippen molar-refractivity contribution in [3.63, 3.8) is 0 Å². The lowest BCUT2D eigenvalue weighted by Crippen LogP contribution is -2.21. The normalized spacial score (nSPS) is 12.8. The SMILES string of the molecule is CCNCC(C)Cc1ccc(C)cc1Cl. The molecule has 0 aliphatic carbocycles. The van der Waals surface area contributed by atoms with Gasteiger partial charge in [-0.1, -0.05) is 37.6 Å². The third-order valence-electron chi connectivity index (χ3n) is 2.52. The van der Waals surface area contributed by atoms with Gasteiger partial charge in [0.1, 0.15) is 0 Å². The van der Waals surface area contributed by atoms with E-state index in [1.54, 1.807) is 0 Å². The van der Waals surface area contributed by atoms with Gasteiger partial charge in [0.05, 0.1) is 0 Å². The lowest BCUT2D eigenvalue weighted by Gasteiger charge is -2.13. The summed E-state index contributed by atoms with van der Waals surface area (Å²) in [7, 11) is 0. The van der Waals surface area contributed by atoms with E-state index in [2.05, 4.69) is 38.2 Å². The number of nitrogens with one attached hydrogen (secondary N) is 1. The molecule has 0 saturated heterocycles. The molecule has 0 bridgehead atoms. The average molecular weight is 226 g/mol. The maximum Gasteiger partial charge on any atom is 0.0440 e. The molecule has 84 valence electrons. The van der Waals surface area contributed by atoms with Gasteiger partial charge in [-0.05, 0) is 49.5 Å². The minimum Gasteiger partial charge on any atom is -0.317 e. The molecular formula is C13H20ClN. The van der Waals surface area contributed by atoms with Gasteiger partial charge in [-0.15, -0.1) is 0 Å². The number of hydrogen-bond acceptors (Lipinski definition) is 1. The Balaban J connectivity index is 2.56. The molecule has 0 amide bonds. The van der Waals surface area contributed by atoms with E-state index in [0.717, 1.165) is 24.5 Å². The van der Waals surface area contributed by atoms with Crippen molar-refractivity contribution >= 4 is 11.6 Å². The zero-order valence-corrected chi connectivity index (χ0v) is 10.6. The van der Waals surface area contributed by atoms with Gasteiger partial charge >= 0.3 is 0 Å². The Morgan fingerprint density at radius 1 is 1.40 bits per heavy atom. The Hall–Kier alpha value is -0.530. The number of benzene rings is 1. The molecule has 0 saturated carbocycles. The first kappa shape index (κ1) is 12.5. The molecule has 1 rings (SSSR count). The summed E-state index contributed by atoms with van der Waals surface area (Å²) in [6, 6.07) is 6.30. The summed E-state index contributed by atoms with van der Waals surface area (Å²) in [5.74, 6) is 0.630. The fourth-order valence-corrected chi connectivity index (χ4v) is 1.97. The third kappa shape index (κ3) is 4.23. The Labute approximate surface area is 97.8 Å². The summed E-state index contributed by atoms with van der Waals surface area (Å²) in [5, 5.41) is 4.26. The van der Waals surface area contributed by atoms with Gasteiger partial charge in [-0.25, -0.2) is 0 Å². The van der Waals surface area contributed by atoms with Gasteiger partial charge in [0, 0.05) is 5.02 Å². The van der Waals surface area contributed by atoms with Crippen LogP contribution in [0.25, 0.3) is 0 Å². The topological polar surface area (TPSA) is 12.0 Å². The summed E-state index contributed by atoms with van der Waals surface area (Å²) in [4.78, 5) is 0. The fourth-order valence-electron chi connectivity index (χ4n) is 1.66. The van der Waals surface area contributed by atoms with Crippen molar-refractivity contribution in [2.75, 3.05) is 13.1 Å². The Morgan fingerprint density at radius 3 is 2.73 bits per heavy atom. The van der Waals surface area contributed by atoms with Crippen molar-refractivity contribution in [2.45, 2.75) is 27.2 Å². The predicted octanol–water partition coefficient (Wildman–Crippen LogP) is 3.44. The second kappa shape index (κ2) is 6.14. The maximum absolute atomic E-state index is 6.19. The van der Waals surface area contributed by atoms with Crippen molar-refractivity contribution < 1.29 is 0 Å². The molecule has 0 aliphatic heterocycles. The van der Waals surface area contributed by atoms with Crippen molar-refractivity contribution in [2.24, 2.45) is 5.92 Å². The summed E-state index contributed by atoms with van der Waals surface area (Å²) in [6.07, 6.45) is 1.05. The lowest BCUT2D eigenvalue weighted by atomic mass is 10.00. The van der Waals surface area contributed by atoms with Gasteiger partial charge < -0.3 is 5.32 Å². The minimum atomic E-state index is 0.630. The zero-order chi connectivity index (χ0) is 11.3. The highest BCUT2D eigenvalue weighted by molar-refractivity contribution is 6.31. The molecule has 0 fully saturated rings. The number of rotatable bonds is 5. The molecule has 0 spiro atoms. The van der Waals surface area contributed by atoms with Crippen LogP contribution in [0.4, 0.5) is 0 Å². The van der Waals surface area contributed by atoms with Gasteiger partial charge in [0.15, 0.2) is 0 Å². The standard InChI is InChI=1S/C13H20ClN/c1-4-15-9-11(3)7-12-6-5-10(2)8-13(12)14/h5-6,8,11,15H,4,7,9H2,1-3H3. The van der Waals surface area contributed by atoms with E-state index < -0.39 is 0 Å². The van der Waals surface area contributed by atoms with E-state index in [1.165, 1.54) is 11.1 Å². The average Bonchev–Trinajstić information content (AvgIpc) is 2.19. The van der Waals surface area contributed by atoms with Gasteiger partial charge in [0.25, 0.3) is 0 Å². The molecule has 1 aromatic rings. The van der Waals surface area contributed by atoms with Gasteiger partial charge in [-0.3, -0.25) is 0 Å². The number of halogens is 1. The van der Waals surface area contributed by atoms with Crippen LogP contribution >= 0.6 is 11.6 Å². The smallest absolute Gasteiger partial charge is 0.0440 e. The van der Waals surface area contributed by atoms with E-state index in [0.29, 0.717) is 5.92 Å². The van der Waals surface area contributed by atoms with Crippen LogP contribution in [0.5, 0.6) is 0 Å². The zero-order valence-electron chi connectivity index (χ0n) is 9.81. The monoisotopic (exact) mass is 225 g/mol. The van der Waals surface area contributed by atoms with Crippen LogP contribution < -0.4 is 5.32 Å². The van der Waals surface area contributed by atoms with E-state index in [1.807, 2.05) is 6.07 Å². The predicted molar refractivity (Wildman–Crippen MR) is 67.6 cm³/mol. The van der Waals surface area contributed by atoms with Crippen LogP contribution in [0.15, 0.2) is 18.2 Å². The molecule has 0 heterocycles. The summed E-state index contributed by atoms with van der Waals surface area (Å²) >= 11 is 6.19. The highest BCUT2D eigenvalue weighted by Gasteiger charge is 2.06. The number of hydrogen-bond donors (Lipinski definition) is 1. The second-order valence-corrected chi connectivity index (χ2v) is 4.62. The highest BCUT2D eigenvalue weighted by atomic mass is 35.5. The van der Waals surface area contributed by atoms with E-state index in [9.17, 15) is 0 Å². The van der Waals surface area contributed by atoms with Crippen molar-refractivity contribution in [3.05, 3.63) is 34.3 Å². The highest BCUT2D eigenvalue weighted by Crippen LogP contribution is 2.20. The van der Waals surface area contributed by atoms with E-state index >= 15 is 0 Å². The molecule has 1 atom stereocenters. The molecular weight excluding hydrogens is 206 g/mol. The molecule has 0 aliphatic rings. The molecule has 1 aromatic carbocycles. The fraction of sp³-hybridized carbons (Fsp3) is 0.538. The van der Waals surface area contributed by atoms with Crippen LogP contribution in [0.3, 0.4) is 0 Å². The quantitative estimate of drug-likeness (QED) is 0.810. The summed E-state index contributed by atoms with van der Waals surface area (Å²) < 4.78 is 0. The Kier molecular flexibility index (Phi) is 5.13.